The van der Waals surface area contributed by atoms with Crippen LogP contribution in [-0.2, 0) is 17.6 Å². The Morgan fingerprint density at radius 2 is 2.04 bits per heavy atom. The lowest BCUT2D eigenvalue weighted by molar-refractivity contribution is -0.116. The Hall–Kier alpha value is -2.36. The van der Waals surface area contributed by atoms with E-state index in [1.807, 2.05) is 35.2 Å². The Morgan fingerprint density at radius 3 is 2.75 bits per heavy atom. The van der Waals surface area contributed by atoms with E-state index in [1.165, 1.54) is 11.3 Å². The van der Waals surface area contributed by atoms with E-state index in [-0.39, 0.29) is 5.91 Å². The maximum Gasteiger partial charge on any atom is 0.226 e. The van der Waals surface area contributed by atoms with Crippen LogP contribution in [0, 0.1) is 11.3 Å². The van der Waals surface area contributed by atoms with Crippen LogP contribution in [0.25, 0.3) is 0 Å². The molecule has 0 saturated carbocycles. The van der Waals surface area contributed by atoms with Crippen LogP contribution in [0.3, 0.4) is 0 Å². The lowest BCUT2D eigenvalue weighted by Crippen LogP contribution is -2.33. The highest BCUT2D eigenvalue weighted by Gasteiger charge is 2.21. The molecule has 0 aliphatic heterocycles. The zero-order chi connectivity index (χ0) is 19.9. The molecule has 0 radical (unpaired) electrons. The van der Waals surface area contributed by atoms with Gasteiger partial charge < -0.3 is 15.3 Å². The zero-order valence-corrected chi connectivity index (χ0v) is 17.1. The first-order chi connectivity index (χ1) is 13.6. The number of hydrogen-bond donors (Lipinski definition) is 2. The number of aliphatic hydroxyl groups excluding tert-OH is 1. The van der Waals surface area contributed by atoms with Crippen molar-refractivity contribution in [1.29, 1.82) is 5.26 Å². The second-order valence-electron chi connectivity index (χ2n) is 7.31. The Balaban J connectivity index is 1.66. The predicted molar refractivity (Wildman–Crippen MR) is 114 cm³/mol. The highest BCUT2D eigenvalue weighted by Crippen LogP contribution is 2.37. The van der Waals surface area contributed by atoms with Crippen molar-refractivity contribution >= 4 is 27.9 Å². The van der Waals surface area contributed by atoms with Crippen LogP contribution in [0.2, 0.25) is 0 Å². The van der Waals surface area contributed by atoms with E-state index >= 15 is 0 Å². The molecule has 1 aliphatic carbocycles. The summed E-state index contributed by atoms with van der Waals surface area (Å²) < 4.78 is 0. The van der Waals surface area contributed by atoms with Crippen LogP contribution in [-0.4, -0.2) is 30.2 Å². The summed E-state index contributed by atoms with van der Waals surface area (Å²) in [5.74, 6) is -0.0977. The Labute approximate surface area is 170 Å². The third-order valence-electron chi connectivity index (χ3n) is 5.00. The van der Waals surface area contributed by atoms with E-state index in [2.05, 4.69) is 11.4 Å². The number of hydrogen-bond acceptors (Lipinski definition) is 5. The van der Waals surface area contributed by atoms with E-state index in [4.69, 9.17) is 0 Å². The number of anilines is 2. The van der Waals surface area contributed by atoms with Gasteiger partial charge in [0.25, 0.3) is 0 Å². The number of thiophene rings is 1. The molecule has 0 saturated heterocycles. The van der Waals surface area contributed by atoms with E-state index < -0.39 is 6.10 Å². The van der Waals surface area contributed by atoms with Gasteiger partial charge in [-0.3, -0.25) is 4.79 Å². The van der Waals surface area contributed by atoms with E-state index in [0.29, 0.717) is 30.1 Å². The van der Waals surface area contributed by atoms with Crippen LogP contribution >= 0.6 is 11.3 Å². The van der Waals surface area contributed by atoms with Crippen LogP contribution in [0.15, 0.2) is 30.3 Å². The second kappa shape index (κ2) is 9.72. The first-order valence-electron chi connectivity index (χ1n) is 9.91. The van der Waals surface area contributed by atoms with Crippen LogP contribution in [0.5, 0.6) is 0 Å². The lowest BCUT2D eigenvalue weighted by Gasteiger charge is -2.26. The number of nitrogens with zero attached hydrogens (tertiary/aromatic N) is 2. The van der Waals surface area contributed by atoms with Gasteiger partial charge in [0.15, 0.2) is 0 Å². The zero-order valence-electron chi connectivity index (χ0n) is 16.3. The molecule has 1 heterocycles. The molecule has 1 aromatic carbocycles. The molecule has 0 bridgehead atoms. The van der Waals surface area contributed by atoms with Gasteiger partial charge in [-0.1, -0.05) is 24.6 Å². The van der Waals surface area contributed by atoms with E-state index in [9.17, 15) is 15.2 Å². The summed E-state index contributed by atoms with van der Waals surface area (Å²) in [6.07, 6.45) is 5.21. The SMILES string of the molecule is CC(O)CN(CCC(=O)Nc1sc2c(c1C#N)CCCCC2)c1ccccc1. The molecule has 5 nitrogen and oxygen atoms in total. The number of aliphatic hydroxyl groups is 1. The molecule has 1 aromatic heterocycles. The average molecular weight is 398 g/mol. The van der Waals surface area contributed by atoms with Gasteiger partial charge in [0.1, 0.15) is 11.1 Å². The van der Waals surface area contributed by atoms with Gasteiger partial charge in [0, 0.05) is 30.1 Å². The van der Waals surface area contributed by atoms with Crippen molar-refractivity contribution in [3.63, 3.8) is 0 Å². The molecular weight excluding hydrogens is 370 g/mol. The van der Waals surface area contributed by atoms with Crippen molar-refractivity contribution < 1.29 is 9.90 Å². The minimum Gasteiger partial charge on any atom is -0.392 e. The number of nitrogens with one attached hydrogen (secondary N) is 1. The molecule has 0 spiro atoms. The third-order valence-corrected chi connectivity index (χ3v) is 6.21. The fraction of sp³-hybridized carbons (Fsp3) is 0.455. The number of amides is 1. The van der Waals surface area contributed by atoms with Crippen molar-refractivity contribution in [2.45, 2.75) is 51.6 Å². The average Bonchev–Trinajstić information content (AvgIpc) is 2.84. The Kier molecular flexibility index (Phi) is 7.07. The number of aryl methyl sites for hydroxylation is 1. The largest absolute Gasteiger partial charge is 0.392 e. The number of benzene rings is 1. The van der Waals surface area contributed by atoms with Gasteiger partial charge in [-0.15, -0.1) is 11.3 Å². The van der Waals surface area contributed by atoms with Gasteiger partial charge in [-0.05, 0) is 50.3 Å². The summed E-state index contributed by atoms with van der Waals surface area (Å²) in [6.45, 7) is 2.72. The quantitative estimate of drug-likeness (QED) is 0.690. The normalized spacial score (nSPS) is 14.5. The Bertz CT molecular complexity index is 839. The number of nitriles is 1. The van der Waals surface area contributed by atoms with E-state index in [0.717, 1.165) is 36.9 Å². The highest BCUT2D eigenvalue weighted by molar-refractivity contribution is 7.16. The van der Waals surface area contributed by atoms with Crippen molar-refractivity contribution in [3.8, 4) is 6.07 Å². The number of para-hydroxylation sites is 1. The van der Waals surface area contributed by atoms with Crippen LogP contribution < -0.4 is 10.2 Å². The summed E-state index contributed by atoms with van der Waals surface area (Å²) in [5, 5.41) is 23.1. The maximum absolute atomic E-state index is 12.6. The van der Waals surface area contributed by atoms with Gasteiger partial charge >= 0.3 is 0 Å². The first kappa shape index (κ1) is 20.4. The first-order valence-corrected chi connectivity index (χ1v) is 10.7. The minimum absolute atomic E-state index is 0.0977. The molecule has 1 atom stereocenters. The van der Waals surface area contributed by atoms with Crippen molar-refractivity contribution in [3.05, 3.63) is 46.3 Å². The predicted octanol–water partition coefficient (Wildman–Crippen LogP) is 4.10. The summed E-state index contributed by atoms with van der Waals surface area (Å²) in [5.41, 5.74) is 2.77. The van der Waals surface area contributed by atoms with Crippen LogP contribution in [0.1, 0.15) is 48.6 Å². The maximum atomic E-state index is 12.6. The van der Waals surface area contributed by atoms with Crippen LogP contribution in [0.4, 0.5) is 10.7 Å². The summed E-state index contributed by atoms with van der Waals surface area (Å²) >= 11 is 1.56. The van der Waals surface area contributed by atoms with Gasteiger partial charge in [0.2, 0.25) is 5.91 Å². The lowest BCUT2D eigenvalue weighted by atomic mass is 10.1. The topological polar surface area (TPSA) is 76.4 Å². The smallest absolute Gasteiger partial charge is 0.226 e. The van der Waals surface area contributed by atoms with Crippen molar-refractivity contribution in [2.75, 3.05) is 23.3 Å². The number of rotatable bonds is 7. The molecular formula is C22H27N3O2S. The fourth-order valence-electron chi connectivity index (χ4n) is 3.66. The van der Waals surface area contributed by atoms with Crippen molar-refractivity contribution in [2.24, 2.45) is 0 Å². The molecule has 2 N–H and O–H groups in total. The number of carbonyl (C=O) groups excluding carboxylic acids is 1. The number of carbonyl (C=O) groups is 1. The Morgan fingerprint density at radius 1 is 1.29 bits per heavy atom. The molecule has 0 fully saturated rings. The summed E-state index contributed by atoms with van der Waals surface area (Å²) in [6, 6.07) is 12.1. The van der Waals surface area contributed by atoms with Crippen molar-refractivity contribution in [1.82, 2.24) is 0 Å². The molecule has 1 aliphatic rings. The van der Waals surface area contributed by atoms with E-state index in [1.54, 1.807) is 18.3 Å². The fourth-order valence-corrected chi connectivity index (χ4v) is 4.91. The molecule has 3 rings (SSSR count). The molecule has 148 valence electrons. The second-order valence-corrected chi connectivity index (χ2v) is 8.41. The molecule has 1 amide bonds. The molecule has 1 unspecified atom stereocenters. The van der Waals surface area contributed by atoms with Gasteiger partial charge in [-0.2, -0.15) is 5.26 Å². The monoisotopic (exact) mass is 397 g/mol. The minimum atomic E-state index is -0.485. The van der Waals surface area contributed by atoms with Gasteiger partial charge in [-0.25, -0.2) is 0 Å². The third kappa shape index (κ3) is 5.12. The molecule has 2 aromatic rings. The summed E-state index contributed by atoms with van der Waals surface area (Å²) in [7, 11) is 0. The highest BCUT2D eigenvalue weighted by atomic mass is 32.1. The summed E-state index contributed by atoms with van der Waals surface area (Å²) in [4.78, 5) is 15.8. The standard InChI is InChI=1S/C22H27N3O2S/c1-16(26)15-25(17-8-4-2-5-9-17)13-12-21(27)24-22-19(14-23)18-10-6-3-7-11-20(18)28-22/h2,4-5,8-9,16,26H,3,6-7,10-13,15H2,1H3,(H,24,27). The van der Waals surface area contributed by atoms with Gasteiger partial charge in [0.05, 0.1) is 11.7 Å². The molecule has 6 heteroatoms. The molecule has 28 heavy (non-hydrogen) atoms. The number of fused-ring (bicyclic) bond motifs is 1.